The highest BCUT2D eigenvalue weighted by molar-refractivity contribution is 7.88. The second-order valence-corrected chi connectivity index (χ2v) is 4.84. The first-order chi connectivity index (χ1) is 6.92. The predicted octanol–water partition coefficient (Wildman–Crippen LogP) is 0.747. The van der Waals surface area contributed by atoms with Crippen LogP contribution in [-0.4, -0.2) is 14.7 Å². The summed E-state index contributed by atoms with van der Waals surface area (Å²) in [5.41, 5.74) is 0.412. The van der Waals surface area contributed by atoms with Crippen LogP contribution in [0.5, 0.6) is 0 Å². The summed E-state index contributed by atoms with van der Waals surface area (Å²) in [6.07, 6.45) is 0.995. The van der Waals surface area contributed by atoms with Crippen molar-refractivity contribution in [3.63, 3.8) is 0 Å². The van der Waals surface area contributed by atoms with Crippen LogP contribution in [0.15, 0.2) is 18.2 Å². The summed E-state index contributed by atoms with van der Waals surface area (Å²) >= 11 is 0. The van der Waals surface area contributed by atoms with Gasteiger partial charge in [-0.2, -0.15) is 5.26 Å². The summed E-state index contributed by atoms with van der Waals surface area (Å²) in [6, 6.07) is 5.67. The van der Waals surface area contributed by atoms with Gasteiger partial charge in [0.1, 0.15) is 5.82 Å². The molecule has 0 aliphatic carbocycles. The van der Waals surface area contributed by atoms with Crippen LogP contribution in [-0.2, 0) is 16.6 Å². The lowest BCUT2D eigenvalue weighted by atomic mass is 10.1. The van der Waals surface area contributed by atoms with Gasteiger partial charge in [0, 0.05) is 12.1 Å². The highest BCUT2D eigenvalue weighted by atomic mass is 32.2. The molecule has 0 amide bonds. The largest absolute Gasteiger partial charge is 0.213 e. The van der Waals surface area contributed by atoms with Crippen LogP contribution in [0.2, 0.25) is 0 Å². The third kappa shape index (κ3) is 3.65. The lowest BCUT2D eigenvalue weighted by Crippen LogP contribution is -2.21. The number of benzene rings is 1. The van der Waals surface area contributed by atoms with E-state index in [-0.39, 0.29) is 17.7 Å². The van der Waals surface area contributed by atoms with Crippen LogP contribution in [0.4, 0.5) is 4.39 Å². The van der Waals surface area contributed by atoms with Gasteiger partial charge in [-0.25, -0.2) is 17.5 Å². The van der Waals surface area contributed by atoms with Gasteiger partial charge in [-0.1, -0.05) is 6.07 Å². The molecule has 15 heavy (non-hydrogen) atoms. The summed E-state index contributed by atoms with van der Waals surface area (Å²) in [5.74, 6) is -0.592. The second kappa shape index (κ2) is 4.38. The lowest BCUT2D eigenvalue weighted by Gasteiger charge is -2.03. The van der Waals surface area contributed by atoms with Crippen LogP contribution in [0, 0.1) is 17.1 Å². The van der Waals surface area contributed by atoms with Gasteiger partial charge in [0.05, 0.1) is 17.9 Å². The molecule has 0 saturated heterocycles. The van der Waals surface area contributed by atoms with Crippen molar-refractivity contribution in [1.29, 1.82) is 5.26 Å². The summed E-state index contributed by atoms with van der Waals surface area (Å²) in [6.45, 7) is -0.115. The van der Waals surface area contributed by atoms with Crippen molar-refractivity contribution >= 4 is 10.0 Å². The Hall–Kier alpha value is -1.45. The molecule has 0 aliphatic rings. The number of hydrogen-bond donors (Lipinski definition) is 1. The Labute approximate surface area is 87.4 Å². The van der Waals surface area contributed by atoms with Gasteiger partial charge < -0.3 is 0 Å². The van der Waals surface area contributed by atoms with Crippen LogP contribution < -0.4 is 4.72 Å². The number of rotatable bonds is 3. The average molecular weight is 228 g/mol. The Morgan fingerprint density at radius 2 is 2.20 bits per heavy atom. The maximum Gasteiger partial charge on any atom is 0.209 e. The van der Waals surface area contributed by atoms with Gasteiger partial charge >= 0.3 is 0 Å². The molecule has 80 valence electrons. The average Bonchev–Trinajstić information content (AvgIpc) is 2.14. The van der Waals surface area contributed by atoms with Gasteiger partial charge in [-0.15, -0.1) is 0 Å². The van der Waals surface area contributed by atoms with Crippen LogP contribution in [0.25, 0.3) is 0 Å². The first-order valence-corrected chi connectivity index (χ1v) is 5.94. The molecule has 0 heterocycles. The van der Waals surface area contributed by atoms with Crippen molar-refractivity contribution in [3.05, 3.63) is 35.1 Å². The van der Waals surface area contributed by atoms with E-state index < -0.39 is 15.8 Å². The zero-order chi connectivity index (χ0) is 11.5. The van der Waals surface area contributed by atoms with E-state index in [4.69, 9.17) is 5.26 Å². The zero-order valence-corrected chi connectivity index (χ0v) is 8.81. The van der Waals surface area contributed by atoms with Crippen molar-refractivity contribution in [3.8, 4) is 6.07 Å². The molecule has 0 saturated carbocycles. The van der Waals surface area contributed by atoms with Crippen LogP contribution in [0.3, 0.4) is 0 Å². The van der Waals surface area contributed by atoms with E-state index in [1.54, 1.807) is 6.07 Å². The van der Waals surface area contributed by atoms with Crippen molar-refractivity contribution in [2.45, 2.75) is 6.54 Å². The number of halogens is 1. The second-order valence-electron chi connectivity index (χ2n) is 3.01. The number of nitrogens with zero attached hydrogens (tertiary/aromatic N) is 1. The maximum atomic E-state index is 13.2. The number of nitrogens with one attached hydrogen (secondary N) is 1. The number of sulfonamides is 1. The summed E-state index contributed by atoms with van der Waals surface area (Å²) in [7, 11) is -3.34. The molecule has 0 fully saturated rings. The number of hydrogen-bond acceptors (Lipinski definition) is 3. The lowest BCUT2D eigenvalue weighted by molar-refractivity contribution is 0.579. The SMILES string of the molecule is CS(=O)(=O)NCc1ccc(C#N)cc1F. The van der Waals surface area contributed by atoms with E-state index in [2.05, 4.69) is 4.72 Å². The fraction of sp³-hybridized carbons (Fsp3) is 0.222. The monoisotopic (exact) mass is 228 g/mol. The van der Waals surface area contributed by atoms with Gasteiger partial charge in [0.15, 0.2) is 0 Å². The van der Waals surface area contributed by atoms with Crippen molar-refractivity contribution in [2.75, 3.05) is 6.26 Å². The fourth-order valence-corrected chi connectivity index (χ4v) is 1.39. The van der Waals surface area contributed by atoms with E-state index in [0.717, 1.165) is 12.3 Å². The Morgan fingerprint density at radius 1 is 1.53 bits per heavy atom. The molecule has 0 aromatic heterocycles. The Morgan fingerprint density at radius 3 is 2.67 bits per heavy atom. The first-order valence-electron chi connectivity index (χ1n) is 4.05. The summed E-state index contributed by atoms with van der Waals surface area (Å²) < 4.78 is 36.9. The molecule has 1 rings (SSSR count). The smallest absolute Gasteiger partial charge is 0.209 e. The minimum Gasteiger partial charge on any atom is -0.213 e. The molecular formula is C9H9FN2O2S. The first kappa shape index (κ1) is 11.6. The third-order valence-electron chi connectivity index (χ3n) is 1.71. The summed E-state index contributed by atoms with van der Waals surface area (Å²) in [5, 5.41) is 8.48. The predicted molar refractivity (Wildman–Crippen MR) is 52.8 cm³/mol. The molecule has 0 unspecified atom stereocenters. The van der Waals surface area contributed by atoms with Crippen molar-refractivity contribution < 1.29 is 12.8 Å². The molecule has 0 atom stereocenters. The minimum absolute atomic E-state index is 0.115. The molecule has 0 bridgehead atoms. The van der Waals surface area contributed by atoms with Gasteiger partial charge in [-0.3, -0.25) is 0 Å². The minimum atomic E-state index is -3.34. The third-order valence-corrected chi connectivity index (χ3v) is 2.38. The molecule has 1 aromatic carbocycles. The summed E-state index contributed by atoms with van der Waals surface area (Å²) in [4.78, 5) is 0. The van der Waals surface area contributed by atoms with E-state index in [9.17, 15) is 12.8 Å². The molecule has 1 aromatic rings. The molecular weight excluding hydrogens is 219 g/mol. The molecule has 1 N–H and O–H groups in total. The maximum absolute atomic E-state index is 13.2. The Bertz CT molecular complexity index is 505. The van der Waals surface area contributed by atoms with Crippen LogP contribution in [0.1, 0.15) is 11.1 Å². The van der Waals surface area contributed by atoms with Crippen molar-refractivity contribution in [2.24, 2.45) is 0 Å². The Kier molecular flexibility index (Phi) is 3.39. The molecule has 0 radical (unpaired) electrons. The topological polar surface area (TPSA) is 70.0 Å². The van der Waals surface area contributed by atoms with Gasteiger partial charge in [0.25, 0.3) is 0 Å². The van der Waals surface area contributed by atoms with Crippen LogP contribution >= 0.6 is 0 Å². The van der Waals surface area contributed by atoms with E-state index in [1.807, 2.05) is 0 Å². The van der Waals surface area contributed by atoms with Crippen molar-refractivity contribution in [1.82, 2.24) is 4.72 Å². The molecule has 4 nitrogen and oxygen atoms in total. The van der Waals surface area contributed by atoms with E-state index in [0.29, 0.717) is 0 Å². The van der Waals surface area contributed by atoms with E-state index in [1.165, 1.54) is 12.1 Å². The highest BCUT2D eigenvalue weighted by Crippen LogP contribution is 2.09. The molecule has 0 aliphatic heterocycles. The Balaban J connectivity index is 2.85. The van der Waals surface area contributed by atoms with Gasteiger partial charge in [0.2, 0.25) is 10.0 Å². The molecule has 6 heteroatoms. The highest BCUT2D eigenvalue weighted by Gasteiger charge is 2.06. The standard InChI is InChI=1S/C9H9FN2O2S/c1-15(13,14)12-6-8-3-2-7(5-11)4-9(8)10/h2-4,12H,6H2,1H3. The normalized spacial score (nSPS) is 11.0. The number of nitriles is 1. The fourth-order valence-electron chi connectivity index (χ4n) is 0.969. The van der Waals surface area contributed by atoms with E-state index >= 15 is 0 Å². The zero-order valence-electron chi connectivity index (χ0n) is 7.99. The van der Waals surface area contributed by atoms with Gasteiger partial charge in [-0.05, 0) is 12.1 Å². The quantitative estimate of drug-likeness (QED) is 0.829. The molecule has 0 spiro atoms.